The Bertz CT molecular complexity index is 353. The van der Waals surface area contributed by atoms with Crippen LogP contribution in [0.2, 0.25) is 0 Å². The predicted molar refractivity (Wildman–Crippen MR) is 125 cm³/mol. The minimum Gasteiger partial charge on any atom is -0.299 e. The van der Waals surface area contributed by atoms with Crippen molar-refractivity contribution in [3.8, 4) is 0 Å². The summed E-state index contributed by atoms with van der Waals surface area (Å²) in [5.74, 6) is 1.14. The third-order valence-corrected chi connectivity index (χ3v) is 4.20. The highest BCUT2D eigenvalue weighted by molar-refractivity contribution is 7.60. The van der Waals surface area contributed by atoms with E-state index in [-0.39, 0.29) is 18.8 Å². The Morgan fingerprint density at radius 2 is 1.46 bits per heavy atom. The van der Waals surface area contributed by atoms with Crippen LogP contribution in [0.25, 0.3) is 0 Å². The molecule has 7 radical (unpaired) electrons. The standard InChI is InChI=1S/C19H34O.CH4.B5/c1-7-9-11-13-19(15-16(3)4,14-12-10-8-2)18(20)17(5)6;;1-4-5(2)3/h7-8,16-17H,1-2,9-15H2,3-6H3;1H4;. The molecule has 0 amide bonds. The zero-order valence-electron chi connectivity index (χ0n) is 17.0. The van der Waals surface area contributed by atoms with Gasteiger partial charge in [0, 0.05) is 48.0 Å². The van der Waals surface area contributed by atoms with E-state index in [2.05, 4.69) is 27.0 Å². The van der Waals surface area contributed by atoms with Crippen molar-refractivity contribution in [1.29, 1.82) is 0 Å². The lowest BCUT2D eigenvalue weighted by Crippen LogP contribution is -2.36. The summed E-state index contributed by atoms with van der Waals surface area (Å²) in [6.07, 6.45) is 10.6. The van der Waals surface area contributed by atoms with E-state index in [1.165, 1.54) is 7.06 Å². The first-order valence-corrected chi connectivity index (χ1v) is 9.49. The molecule has 0 aliphatic carbocycles. The lowest BCUT2D eigenvalue weighted by molar-refractivity contribution is -0.134. The van der Waals surface area contributed by atoms with Crippen molar-refractivity contribution >= 4 is 42.4 Å². The van der Waals surface area contributed by atoms with E-state index in [0.717, 1.165) is 44.9 Å². The highest BCUT2D eigenvalue weighted by atomic mass is 16.1. The molecule has 0 heterocycles. The molecule has 0 rings (SSSR count). The molecule has 0 aromatic rings. The highest BCUT2D eigenvalue weighted by Crippen LogP contribution is 2.40. The Morgan fingerprint density at radius 3 is 1.69 bits per heavy atom. The largest absolute Gasteiger partial charge is 0.299 e. The maximum absolute atomic E-state index is 12.8. The van der Waals surface area contributed by atoms with Crippen LogP contribution in [0.3, 0.4) is 0 Å². The molecule has 6 heteroatoms. The van der Waals surface area contributed by atoms with E-state index < -0.39 is 6.39 Å². The van der Waals surface area contributed by atoms with Crippen LogP contribution in [0.5, 0.6) is 0 Å². The van der Waals surface area contributed by atoms with Gasteiger partial charge in [-0.1, -0.05) is 47.3 Å². The highest BCUT2D eigenvalue weighted by Gasteiger charge is 2.38. The second-order valence-electron chi connectivity index (χ2n) is 7.53. The number of rotatable bonds is 13. The number of unbranched alkanes of at least 4 members (excludes halogenated alkanes) is 2. The number of Topliss-reactive ketones (excluding diaryl/α,β-unsaturated/α-hetero) is 1. The van der Waals surface area contributed by atoms with Crippen LogP contribution in [0.4, 0.5) is 0 Å². The van der Waals surface area contributed by atoms with Crippen LogP contribution in [-0.2, 0) is 4.79 Å². The summed E-state index contributed by atoms with van der Waals surface area (Å²) < 4.78 is 0. The molecule has 0 aliphatic rings. The van der Waals surface area contributed by atoms with Crippen molar-refractivity contribution in [3.63, 3.8) is 0 Å². The molecule has 0 N–H and O–H groups in total. The van der Waals surface area contributed by atoms with Gasteiger partial charge in [-0.05, 0) is 50.9 Å². The van der Waals surface area contributed by atoms with E-state index in [4.69, 9.17) is 23.2 Å². The Morgan fingerprint density at radius 1 is 1.08 bits per heavy atom. The molecule has 0 bridgehead atoms. The fourth-order valence-corrected chi connectivity index (χ4v) is 3.24. The smallest absolute Gasteiger partial charge is 0.141 e. The van der Waals surface area contributed by atoms with Gasteiger partial charge in [0.25, 0.3) is 0 Å². The maximum atomic E-state index is 12.8. The van der Waals surface area contributed by atoms with Crippen LogP contribution >= 0.6 is 0 Å². The summed E-state index contributed by atoms with van der Waals surface area (Å²) in [5.41, 5.74) is -0.131. The molecular weight excluding hydrogens is 310 g/mol. The molecule has 0 spiro atoms. The van der Waals surface area contributed by atoms with Gasteiger partial charge in [0.05, 0.1) is 0 Å². The van der Waals surface area contributed by atoms with Gasteiger partial charge in [-0.2, -0.15) is 0 Å². The molecule has 0 atom stereocenters. The third kappa shape index (κ3) is 14.6. The zero-order chi connectivity index (χ0) is 19.9. The van der Waals surface area contributed by atoms with E-state index in [1.807, 2.05) is 26.0 Å². The molecule has 0 saturated carbocycles. The van der Waals surface area contributed by atoms with Gasteiger partial charge >= 0.3 is 0 Å². The normalized spacial score (nSPS) is 10.4. The van der Waals surface area contributed by atoms with Gasteiger partial charge in [-0.25, -0.2) is 0 Å². The summed E-state index contributed by atoms with van der Waals surface area (Å²) in [7, 11) is 15.8. The van der Waals surface area contributed by atoms with Crippen LogP contribution < -0.4 is 0 Å². The van der Waals surface area contributed by atoms with Gasteiger partial charge in [-0.3, -0.25) is 4.79 Å². The molecule has 0 aromatic carbocycles. The SMILES string of the molecule is C.C=CCCCC(CCCC=C)(CC(C)C)C(=O)C(C)C.[B][B]B([B])[B]. The van der Waals surface area contributed by atoms with Crippen molar-refractivity contribution in [2.24, 2.45) is 17.3 Å². The number of carbonyl (C=O) groups excluding carboxylic acids is 1. The predicted octanol–water partition coefficient (Wildman–Crippen LogP) is 4.69. The van der Waals surface area contributed by atoms with Crippen LogP contribution in [-0.4, -0.2) is 42.4 Å². The summed E-state index contributed by atoms with van der Waals surface area (Å²) in [4.78, 5) is 12.8. The first-order chi connectivity index (χ1) is 11.7. The van der Waals surface area contributed by atoms with Gasteiger partial charge in [0.1, 0.15) is 5.78 Å². The topological polar surface area (TPSA) is 17.1 Å². The van der Waals surface area contributed by atoms with E-state index >= 15 is 0 Å². The van der Waals surface area contributed by atoms with Crippen LogP contribution in [0.15, 0.2) is 25.3 Å². The average molecular weight is 349 g/mol. The molecule has 0 fully saturated rings. The zero-order valence-corrected chi connectivity index (χ0v) is 17.0. The molecule has 1 nitrogen and oxygen atoms in total. The lowest BCUT2D eigenvalue weighted by atomic mass is 8.97. The monoisotopic (exact) mass is 349 g/mol. The quantitative estimate of drug-likeness (QED) is 0.268. The molecule has 26 heavy (non-hydrogen) atoms. The molecule has 0 unspecified atom stereocenters. The second kappa shape index (κ2) is 17.9. The number of hydrogen-bond acceptors (Lipinski definition) is 1. The second-order valence-corrected chi connectivity index (χ2v) is 7.53. The fraction of sp³-hybridized carbons (Fsp3) is 0.750. The Hall–Kier alpha value is -0.525. The Labute approximate surface area is 170 Å². The first-order valence-electron chi connectivity index (χ1n) is 9.49. The number of ketones is 1. The van der Waals surface area contributed by atoms with Crippen LogP contribution in [0.1, 0.15) is 80.1 Å². The summed E-state index contributed by atoms with van der Waals surface area (Å²) in [6, 6.07) is 0. The fourth-order valence-electron chi connectivity index (χ4n) is 3.24. The minimum atomic E-state index is -0.463. The van der Waals surface area contributed by atoms with E-state index in [9.17, 15) is 4.79 Å². The summed E-state index contributed by atoms with van der Waals surface area (Å²) in [6.45, 7) is 16.1. The lowest BCUT2D eigenvalue weighted by Gasteiger charge is -2.36. The van der Waals surface area contributed by atoms with E-state index in [0.29, 0.717) is 11.7 Å². The third-order valence-electron chi connectivity index (χ3n) is 4.20. The number of hydrogen-bond donors (Lipinski definition) is 0. The minimum absolute atomic E-state index is 0. The average Bonchev–Trinajstić information content (AvgIpc) is 2.54. The molecule has 0 aliphatic heterocycles. The van der Waals surface area contributed by atoms with Crippen molar-refractivity contribution < 1.29 is 4.79 Å². The molecular formula is C20H38B5O. The van der Waals surface area contributed by atoms with Gasteiger partial charge in [-0.15, -0.1) is 13.2 Å². The van der Waals surface area contributed by atoms with Gasteiger partial charge in [0.2, 0.25) is 0 Å². The Balaban J connectivity index is -0.000000772. The summed E-state index contributed by atoms with van der Waals surface area (Å²) >= 11 is 0. The van der Waals surface area contributed by atoms with Crippen molar-refractivity contribution in [1.82, 2.24) is 0 Å². The number of carbonyl (C=O) groups is 1. The molecule has 0 saturated heterocycles. The molecule has 139 valence electrons. The number of allylic oxidation sites excluding steroid dienone is 2. The maximum Gasteiger partial charge on any atom is 0.141 e. The van der Waals surface area contributed by atoms with Crippen LogP contribution in [0, 0.1) is 17.3 Å². The summed E-state index contributed by atoms with van der Waals surface area (Å²) in [5, 5.41) is 0. The molecule has 0 aromatic heterocycles. The van der Waals surface area contributed by atoms with Gasteiger partial charge in [0.15, 0.2) is 0 Å². The van der Waals surface area contributed by atoms with Gasteiger partial charge < -0.3 is 0 Å². The Kier molecular flexibility index (Phi) is 20.8. The van der Waals surface area contributed by atoms with Crippen molar-refractivity contribution in [2.45, 2.75) is 80.1 Å². The van der Waals surface area contributed by atoms with E-state index in [1.54, 1.807) is 0 Å². The van der Waals surface area contributed by atoms with Crippen molar-refractivity contribution in [2.75, 3.05) is 0 Å². The van der Waals surface area contributed by atoms with Crippen molar-refractivity contribution in [3.05, 3.63) is 25.3 Å². The first kappa shape index (κ1) is 30.2.